The number of ether oxygens (including phenoxy) is 2. The molecule has 0 aromatic heterocycles. The number of hydrogen-bond acceptors (Lipinski definition) is 5. The Morgan fingerprint density at radius 3 is 2.61 bits per heavy atom. The van der Waals surface area contributed by atoms with Gasteiger partial charge in [0.25, 0.3) is 5.91 Å². The van der Waals surface area contributed by atoms with Crippen LogP contribution in [0.15, 0.2) is 54.6 Å². The van der Waals surface area contributed by atoms with Crippen molar-refractivity contribution in [1.29, 1.82) is 0 Å². The van der Waals surface area contributed by atoms with Crippen molar-refractivity contribution in [2.45, 2.75) is 25.9 Å². The maximum absolute atomic E-state index is 12.7. The van der Waals surface area contributed by atoms with Gasteiger partial charge in [-0.2, -0.15) is 0 Å². The van der Waals surface area contributed by atoms with Crippen LogP contribution in [0.2, 0.25) is 0 Å². The molecule has 2 aromatic rings. The van der Waals surface area contributed by atoms with Crippen LogP contribution >= 0.6 is 0 Å². The zero-order valence-corrected chi connectivity index (χ0v) is 15.6. The standard InChI is InChI=1S/C21H22N2O5/c1-15(28-20(25)12-7-13-27-16-8-3-2-4-9-16)21(26)23-14-19(24)22-17-10-5-6-11-18(17)23/h2-6,8-11,15H,7,12-14H2,1H3,(H,22,24)/t15-/m1/s1. The summed E-state index contributed by atoms with van der Waals surface area (Å²) >= 11 is 0. The Morgan fingerprint density at radius 2 is 1.82 bits per heavy atom. The van der Waals surface area contributed by atoms with Gasteiger partial charge in [-0.15, -0.1) is 0 Å². The third-order valence-electron chi connectivity index (χ3n) is 4.23. The molecule has 1 aliphatic rings. The molecule has 2 amide bonds. The number of fused-ring (bicyclic) bond motifs is 1. The minimum absolute atomic E-state index is 0.108. The molecular formula is C21H22N2O5. The molecule has 3 rings (SSSR count). The largest absolute Gasteiger partial charge is 0.494 e. The van der Waals surface area contributed by atoms with Gasteiger partial charge < -0.3 is 14.8 Å². The Morgan fingerprint density at radius 1 is 1.11 bits per heavy atom. The predicted molar refractivity (Wildman–Crippen MR) is 104 cm³/mol. The fourth-order valence-corrected chi connectivity index (χ4v) is 2.88. The number of hydrogen-bond donors (Lipinski definition) is 1. The first-order valence-corrected chi connectivity index (χ1v) is 9.12. The SMILES string of the molecule is C[C@@H](OC(=O)CCCOc1ccccc1)C(=O)N1CC(=O)Nc2ccccc21. The first-order valence-electron chi connectivity index (χ1n) is 9.12. The molecule has 0 saturated carbocycles. The molecule has 7 nitrogen and oxygen atoms in total. The molecule has 0 unspecified atom stereocenters. The summed E-state index contributed by atoms with van der Waals surface area (Å²) in [5.41, 5.74) is 1.15. The van der Waals surface area contributed by atoms with Crippen molar-refractivity contribution in [3.05, 3.63) is 54.6 Å². The van der Waals surface area contributed by atoms with Gasteiger partial charge in [-0.25, -0.2) is 0 Å². The molecule has 1 N–H and O–H groups in total. The highest BCUT2D eigenvalue weighted by molar-refractivity contribution is 6.11. The van der Waals surface area contributed by atoms with Gasteiger partial charge in [0.2, 0.25) is 5.91 Å². The van der Waals surface area contributed by atoms with Crippen molar-refractivity contribution in [3.8, 4) is 5.75 Å². The van der Waals surface area contributed by atoms with E-state index in [1.165, 1.54) is 11.8 Å². The van der Waals surface area contributed by atoms with Gasteiger partial charge >= 0.3 is 5.97 Å². The lowest BCUT2D eigenvalue weighted by Crippen LogP contribution is -2.47. The molecule has 1 atom stereocenters. The van der Waals surface area contributed by atoms with E-state index in [2.05, 4.69) is 5.32 Å². The van der Waals surface area contributed by atoms with Crippen molar-refractivity contribution >= 4 is 29.2 Å². The molecule has 1 aliphatic heterocycles. The van der Waals surface area contributed by atoms with Gasteiger partial charge in [-0.3, -0.25) is 19.3 Å². The number of benzene rings is 2. The Labute approximate surface area is 163 Å². The molecule has 146 valence electrons. The van der Waals surface area contributed by atoms with Crippen LogP contribution in [0.3, 0.4) is 0 Å². The summed E-state index contributed by atoms with van der Waals surface area (Å²) in [7, 11) is 0. The van der Waals surface area contributed by atoms with E-state index in [4.69, 9.17) is 9.47 Å². The molecule has 28 heavy (non-hydrogen) atoms. The molecule has 0 fully saturated rings. The second-order valence-corrected chi connectivity index (χ2v) is 6.39. The lowest BCUT2D eigenvalue weighted by molar-refractivity contribution is -0.154. The minimum atomic E-state index is -0.985. The summed E-state index contributed by atoms with van der Waals surface area (Å²) in [6, 6.07) is 16.3. The lowest BCUT2D eigenvalue weighted by Gasteiger charge is -2.30. The van der Waals surface area contributed by atoms with Gasteiger partial charge in [0.1, 0.15) is 12.3 Å². The first-order chi connectivity index (χ1) is 13.5. The van der Waals surface area contributed by atoms with Crippen molar-refractivity contribution in [1.82, 2.24) is 0 Å². The average Bonchev–Trinajstić information content (AvgIpc) is 2.70. The highest BCUT2D eigenvalue weighted by Crippen LogP contribution is 2.29. The quantitative estimate of drug-likeness (QED) is 0.588. The molecule has 0 radical (unpaired) electrons. The molecule has 7 heteroatoms. The average molecular weight is 382 g/mol. The second-order valence-electron chi connectivity index (χ2n) is 6.39. The third kappa shape index (κ3) is 4.88. The van der Waals surface area contributed by atoms with Gasteiger partial charge in [0.15, 0.2) is 6.10 Å². The van der Waals surface area contributed by atoms with Gasteiger partial charge in [0.05, 0.1) is 18.0 Å². The number of anilines is 2. The minimum Gasteiger partial charge on any atom is -0.494 e. The van der Waals surface area contributed by atoms with Gasteiger partial charge in [-0.1, -0.05) is 30.3 Å². The number of carbonyl (C=O) groups excluding carboxylic acids is 3. The van der Waals surface area contributed by atoms with Crippen LogP contribution in [0.5, 0.6) is 5.75 Å². The number of carbonyl (C=O) groups is 3. The Kier molecular flexibility index (Phi) is 6.26. The monoisotopic (exact) mass is 382 g/mol. The Bertz CT molecular complexity index is 853. The third-order valence-corrected chi connectivity index (χ3v) is 4.23. The van der Waals surface area contributed by atoms with Crippen LogP contribution in [0.1, 0.15) is 19.8 Å². The van der Waals surface area contributed by atoms with E-state index in [1.807, 2.05) is 30.3 Å². The van der Waals surface area contributed by atoms with E-state index in [0.29, 0.717) is 24.4 Å². The summed E-state index contributed by atoms with van der Waals surface area (Å²) in [5, 5.41) is 2.72. The fourth-order valence-electron chi connectivity index (χ4n) is 2.88. The summed E-state index contributed by atoms with van der Waals surface area (Å²) in [6.07, 6.45) is -0.369. The van der Waals surface area contributed by atoms with Crippen LogP contribution < -0.4 is 15.0 Å². The van der Waals surface area contributed by atoms with Crippen molar-refractivity contribution in [2.24, 2.45) is 0 Å². The van der Waals surface area contributed by atoms with Crippen LogP contribution in [0, 0.1) is 0 Å². The smallest absolute Gasteiger partial charge is 0.306 e. The second kappa shape index (κ2) is 9.03. The fraction of sp³-hybridized carbons (Fsp3) is 0.286. The van der Waals surface area contributed by atoms with E-state index in [9.17, 15) is 14.4 Å². The summed E-state index contributed by atoms with van der Waals surface area (Å²) in [4.78, 5) is 37.9. The molecular weight excluding hydrogens is 360 g/mol. The van der Waals surface area contributed by atoms with E-state index < -0.39 is 18.0 Å². The Hall–Kier alpha value is -3.35. The maximum atomic E-state index is 12.7. The number of para-hydroxylation sites is 3. The number of nitrogens with zero attached hydrogens (tertiary/aromatic N) is 1. The molecule has 2 aromatic carbocycles. The summed E-state index contributed by atoms with van der Waals surface area (Å²) in [6.45, 7) is 1.78. The highest BCUT2D eigenvalue weighted by Gasteiger charge is 2.31. The first kappa shape index (κ1) is 19.4. The number of amides is 2. The van der Waals surface area contributed by atoms with E-state index in [-0.39, 0.29) is 18.9 Å². The normalized spacial score (nSPS) is 13.9. The van der Waals surface area contributed by atoms with E-state index in [0.717, 1.165) is 5.75 Å². The highest BCUT2D eigenvalue weighted by atomic mass is 16.5. The summed E-state index contributed by atoms with van der Waals surface area (Å²) in [5.74, 6) is -0.464. The molecule has 1 heterocycles. The van der Waals surface area contributed by atoms with Crippen LogP contribution in [0.25, 0.3) is 0 Å². The number of rotatable bonds is 7. The van der Waals surface area contributed by atoms with E-state index >= 15 is 0 Å². The Balaban J connectivity index is 1.49. The van der Waals surface area contributed by atoms with Crippen LogP contribution in [-0.4, -0.2) is 37.0 Å². The zero-order valence-electron chi connectivity index (χ0n) is 15.6. The van der Waals surface area contributed by atoms with Crippen molar-refractivity contribution in [3.63, 3.8) is 0 Å². The summed E-state index contributed by atoms with van der Waals surface area (Å²) < 4.78 is 10.8. The molecule has 0 spiro atoms. The number of esters is 1. The van der Waals surface area contributed by atoms with Crippen LogP contribution in [0.4, 0.5) is 11.4 Å². The predicted octanol–water partition coefficient (Wildman–Crippen LogP) is 2.76. The number of nitrogens with one attached hydrogen (secondary N) is 1. The molecule has 0 aliphatic carbocycles. The lowest BCUT2D eigenvalue weighted by atomic mass is 10.1. The zero-order chi connectivity index (χ0) is 19.9. The van der Waals surface area contributed by atoms with Gasteiger partial charge in [0, 0.05) is 6.42 Å². The van der Waals surface area contributed by atoms with Gasteiger partial charge in [-0.05, 0) is 37.6 Å². The molecule has 0 bridgehead atoms. The maximum Gasteiger partial charge on any atom is 0.306 e. The van der Waals surface area contributed by atoms with Crippen molar-refractivity contribution in [2.75, 3.05) is 23.4 Å². The van der Waals surface area contributed by atoms with Crippen LogP contribution in [-0.2, 0) is 19.1 Å². The topological polar surface area (TPSA) is 84.9 Å². The van der Waals surface area contributed by atoms with Crippen molar-refractivity contribution < 1.29 is 23.9 Å². The molecule has 0 saturated heterocycles. The van der Waals surface area contributed by atoms with E-state index in [1.54, 1.807) is 24.3 Å².